The Bertz CT molecular complexity index is 116. The zero-order valence-electron chi connectivity index (χ0n) is 5.62. The quantitative estimate of drug-likeness (QED) is 0.550. The third-order valence-electron chi connectivity index (χ3n) is 1.10. The van der Waals surface area contributed by atoms with Crippen LogP contribution in [0, 0.1) is 0 Å². The predicted molar refractivity (Wildman–Crippen MR) is 35.9 cm³/mol. The molecule has 1 aliphatic rings. The Balaban J connectivity index is 2.31. The zero-order valence-corrected chi connectivity index (χ0v) is 5.62. The van der Waals surface area contributed by atoms with E-state index in [-0.39, 0.29) is 0 Å². The normalized spacial score (nSPS) is 16.8. The van der Waals surface area contributed by atoms with E-state index >= 15 is 0 Å². The van der Waals surface area contributed by atoms with Crippen LogP contribution in [0.15, 0.2) is 22.6 Å². The first-order valence-electron chi connectivity index (χ1n) is 3.24. The summed E-state index contributed by atoms with van der Waals surface area (Å²) in [4.78, 5) is 0. The third kappa shape index (κ3) is 1.83. The maximum absolute atomic E-state index is 3.89. The van der Waals surface area contributed by atoms with Gasteiger partial charge in [-0.1, -0.05) is 12.1 Å². The lowest BCUT2D eigenvalue weighted by Gasteiger charge is -2.12. The van der Waals surface area contributed by atoms with E-state index in [1.807, 2.05) is 17.3 Å². The Kier molecular flexibility index (Phi) is 2.24. The largest absolute Gasteiger partial charge is 0.255 e. The molecule has 0 saturated heterocycles. The van der Waals surface area contributed by atoms with Crippen LogP contribution in [0.2, 0.25) is 0 Å². The van der Waals surface area contributed by atoms with Gasteiger partial charge in [0.15, 0.2) is 0 Å². The summed E-state index contributed by atoms with van der Waals surface area (Å²) in [6.07, 6.45) is 5.09. The minimum atomic E-state index is 0.736. The molecule has 3 heteroatoms. The van der Waals surface area contributed by atoms with Gasteiger partial charge in [-0.3, -0.25) is 5.01 Å². The fourth-order valence-corrected chi connectivity index (χ4v) is 0.712. The van der Waals surface area contributed by atoms with Crippen LogP contribution in [0.1, 0.15) is 13.3 Å². The molecule has 0 saturated carbocycles. The summed E-state index contributed by atoms with van der Waals surface area (Å²) in [5.74, 6) is 0. The van der Waals surface area contributed by atoms with Gasteiger partial charge in [0.25, 0.3) is 0 Å². The highest BCUT2D eigenvalue weighted by atomic mass is 15.5. The van der Waals surface area contributed by atoms with Crippen LogP contribution in [0.4, 0.5) is 0 Å². The average Bonchev–Trinajstić information content (AvgIpc) is 1.91. The summed E-state index contributed by atoms with van der Waals surface area (Å²) < 4.78 is 0. The maximum atomic E-state index is 3.89. The number of hydrogen-bond acceptors (Lipinski definition) is 3. The molecule has 0 aromatic rings. The van der Waals surface area contributed by atoms with Crippen molar-refractivity contribution in [1.82, 2.24) is 5.01 Å². The van der Waals surface area contributed by atoms with Crippen LogP contribution in [0.5, 0.6) is 0 Å². The molecule has 1 rings (SSSR count). The minimum absolute atomic E-state index is 0.736. The van der Waals surface area contributed by atoms with Crippen LogP contribution >= 0.6 is 0 Å². The van der Waals surface area contributed by atoms with E-state index in [0.717, 1.165) is 19.5 Å². The summed E-state index contributed by atoms with van der Waals surface area (Å²) in [7, 11) is 0. The molecule has 3 nitrogen and oxygen atoms in total. The van der Waals surface area contributed by atoms with E-state index < -0.39 is 0 Å². The average molecular weight is 125 g/mol. The van der Waals surface area contributed by atoms with Crippen LogP contribution in [0.25, 0.3) is 0 Å². The van der Waals surface area contributed by atoms with E-state index in [4.69, 9.17) is 0 Å². The van der Waals surface area contributed by atoms with Gasteiger partial charge in [0, 0.05) is 12.7 Å². The minimum Gasteiger partial charge on any atom is -0.255 e. The van der Waals surface area contributed by atoms with E-state index in [2.05, 4.69) is 17.3 Å². The molecule has 0 bridgehead atoms. The second kappa shape index (κ2) is 3.22. The standard InChI is InChI=1S/C6H11N3/c1-2-5-9-6-3-4-7-8-9/h3,6H,2,4-5H2,1H3. The molecule has 1 heterocycles. The van der Waals surface area contributed by atoms with Crippen LogP contribution in [-0.2, 0) is 0 Å². The molecule has 0 fully saturated rings. The van der Waals surface area contributed by atoms with Crippen LogP contribution in [0.3, 0.4) is 0 Å². The van der Waals surface area contributed by atoms with E-state index in [1.54, 1.807) is 0 Å². The van der Waals surface area contributed by atoms with E-state index in [0.29, 0.717) is 0 Å². The molecule has 0 N–H and O–H groups in total. The van der Waals surface area contributed by atoms with Crippen molar-refractivity contribution in [3.63, 3.8) is 0 Å². The third-order valence-corrected chi connectivity index (χ3v) is 1.10. The number of rotatable bonds is 2. The van der Waals surface area contributed by atoms with Crippen molar-refractivity contribution in [2.45, 2.75) is 13.3 Å². The van der Waals surface area contributed by atoms with Gasteiger partial charge in [-0.05, 0) is 12.5 Å². The van der Waals surface area contributed by atoms with Gasteiger partial charge >= 0.3 is 0 Å². The lowest BCUT2D eigenvalue weighted by molar-refractivity contribution is 0.359. The first kappa shape index (κ1) is 6.26. The van der Waals surface area contributed by atoms with Gasteiger partial charge in [-0.15, -0.1) is 0 Å². The molecule has 50 valence electrons. The van der Waals surface area contributed by atoms with Gasteiger partial charge in [0.05, 0.1) is 6.54 Å². The summed E-state index contributed by atoms with van der Waals surface area (Å²) in [6, 6.07) is 0. The Hall–Kier alpha value is -0.860. The fraction of sp³-hybridized carbons (Fsp3) is 0.667. The number of hydrogen-bond donors (Lipinski definition) is 0. The SMILES string of the molecule is CCCN1C=CCN=N1. The summed E-state index contributed by atoms with van der Waals surface area (Å²) in [6.45, 7) is 3.83. The molecule has 9 heavy (non-hydrogen) atoms. The molecule has 0 amide bonds. The first-order chi connectivity index (χ1) is 4.43. The summed E-state index contributed by atoms with van der Waals surface area (Å²) in [5, 5.41) is 9.58. The highest BCUT2D eigenvalue weighted by Crippen LogP contribution is 1.99. The smallest absolute Gasteiger partial charge is 0.0819 e. The Labute approximate surface area is 55.0 Å². The summed E-state index contributed by atoms with van der Waals surface area (Å²) >= 11 is 0. The molecule has 0 aromatic heterocycles. The topological polar surface area (TPSA) is 28.0 Å². The van der Waals surface area contributed by atoms with Crippen LogP contribution < -0.4 is 0 Å². The van der Waals surface area contributed by atoms with Crippen molar-refractivity contribution in [2.75, 3.05) is 13.1 Å². The monoisotopic (exact) mass is 125 g/mol. The highest BCUT2D eigenvalue weighted by molar-refractivity contribution is 4.84. The fourth-order valence-electron chi connectivity index (χ4n) is 0.712. The van der Waals surface area contributed by atoms with Gasteiger partial charge in [-0.2, -0.15) is 5.11 Å². The molecule has 0 radical (unpaired) electrons. The second-order valence-electron chi connectivity index (χ2n) is 1.96. The molecule has 0 aliphatic carbocycles. The van der Waals surface area contributed by atoms with Gasteiger partial charge in [0.2, 0.25) is 0 Å². The van der Waals surface area contributed by atoms with Crippen molar-refractivity contribution < 1.29 is 0 Å². The lowest BCUT2D eigenvalue weighted by Crippen LogP contribution is -2.11. The second-order valence-corrected chi connectivity index (χ2v) is 1.96. The molecule has 0 atom stereocenters. The molecule has 0 spiro atoms. The van der Waals surface area contributed by atoms with Crippen molar-refractivity contribution in [1.29, 1.82) is 0 Å². The first-order valence-corrected chi connectivity index (χ1v) is 3.24. The van der Waals surface area contributed by atoms with Gasteiger partial charge < -0.3 is 0 Å². The molecule has 0 unspecified atom stereocenters. The highest BCUT2D eigenvalue weighted by Gasteiger charge is 1.95. The maximum Gasteiger partial charge on any atom is 0.0819 e. The van der Waals surface area contributed by atoms with E-state index in [9.17, 15) is 0 Å². The van der Waals surface area contributed by atoms with Crippen molar-refractivity contribution in [2.24, 2.45) is 10.3 Å². The van der Waals surface area contributed by atoms with Gasteiger partial charge in [0.1, 0.15) is 0 Å². The molecular weight excluding hydrogens is 114 g/mol. The molecular formula is C6H11N3. The molecule has 0 aromatic carbocycles. The number of nitrogens with zero attached hydrogens (tertiary/aromatic N) is 3. The van der Waals surface area contributed by atoms with E-state index in [1.165, 1.54) is 0 Å². The Morgan fingerprint density at radius 1 is 1.67 bits per heavy atom. The zero-order chi connectivity index (χ0) is 6.53. The van der Waals surface area contributed by atoms with Gasteiger partial charge in [-0.25, -0.2) is 0 Å². The van der Waals surface area contributed by atoms with Crippen molar-refractivity contribution in [3.05, 3.63) is 12.3 Å². The summed E-state index contributed by atoms with van der Waals surface area (Å²) in [5.41, 5.74) is 0. The van der Waals surface area contributed by atoms with Crippen molar-refractivity contribution in [3.8, 4) is 0 Å². The Morgan fingerprint density at radius 3 is 3.11 bits per heavy atom. The predicted octanol–water partition coefficient (Wildman–Crippen LogP) is 1.59. The Morgan fingerprint density at radius 2 is 2.56 bits per heavy atom. The van der Waals surface area contributed by atoms with Crippen molar-refractivity contribution >= 4 is 0 Å². The molecule has 1 aliphatic heterocycles. The lowest BCUT2D eigenvalue weighted by atomic mass is 10.4. The van der Waals surface area contributed by atoms with Crippen LogP contribution in [-0.4, -0.2) is 18.1 Å².